The fourth-order valence-corrected chi connectivity index (χ4v) is 4.58. The number of rotatable bonds is 4. The fourth-order valence-electron chi connectivity index (χ4n) is 4.33. The first-order valence-electron chi connectivity index (χ1n) is 10.8. The highest BCUT2D eigenvalue weighted by Gasteiger charge is 2.27. The molecular formula is C22H21ClFN7O2. The molecule has 0 aliphatic carbocycles. The van der Waals surface area contributed by atoms with E-state index in [1.54, 1.807) is 16.9 Å². The summed E-state index contributed by atoms with van der Waals surface area (Å²) < 4.78 is 22.2. The summed E-state index contributed by atoms with van der Waals surface area (Å²) in [4.78, 5) is 14.8. The summed E-state index contributed by atoms with van der Waals surface area (Å²) in [7, 11) is 0. The van der Waals surface area contributed by atoms with Gasteiger partial charge in [0.15, 0.2) is 6.23 Å². The SMILES string of the molecule is N#Cc1cc(F)ccc1Cn1nnc2c1CCN(c1cnn(C3CCCCO3)c(=O)c1Cl)C2. The van der Waals surface area contributed by atoms with E-state index in [0.717, 1.165) is 30.7 Å². The quantitative estimate of drug-likeness (QED) is 0.579. The lowest BCUT2D eigenvalue weighted by molar-refractivity contribution is -0.0424. The lowest BCUT2D eigenvalue weighted by atomic mass is 10.1. The van der Waals surface area contributed by atoms with Gasteiger partial charge in [-0.25, -0.2) is 9.07 Å². The monoisotopic (exact) mass is 469 g/mol. The molecule has 1 saturated heterocycles. The van der Waals surface area contributed by atoms with Gasteiger partial charge in [-0.3, -0.25) is 4.79 Å². The fraction of sp³-hybridized carbons (Fsp3) is 0.409. The summed E-state index contributed by atoms with van der Waals surface area (Å²) in [5, 5.41) is 22.3. The molecule has 2 aromatic heterocycles. The number of ether oxygens (including phenoxy) is 1. The van der Waals surface area contributed by atoms with Crippen LogP contribution in [0.4, 0.5) is 10.1 Å². The van der Waals surface area contributed by atoms with Gasteiger partial charge in [-0.2, -0.15) is 15.0 Å². The molecule has 1 fully saturated rings. The van der Waals surface area contributed by atoms with E-state index < -0.39 is 5.82 Å². The lowest BCUT2D eigenvalue weighted by Crippen LogP contribution is -2.36. The first-order valence-corrected chi connectivity index (χ1v) is 11.2. The van der Waals surface area contributed by atoms with Crippen LogP contribution in [0.1, 0.15) is 48.0 Å². The minimum atomic E-state index is -0.450. The molecular weight excluding hydrogens is 449 g/mol. The molecule has 0 spiro atoms. The number of benzene rings is 1. The summed E-state index contributed by atoms with van der Waals surface area (Å²) in [6, 6.07) is 6.16. The van der Waals surface area contributed by atoms with Gasteiger partial charge in [-0.05, 0) is 37.0 Å². The molecule has 0 bridgehead atoms. The molecule has 0 saturated carbocycles. The third-order valence-corrected chi connectivity index (χ3v) is 6.44. The normalized spacial score (nSPS) is 18.1. The van der Waals surface area contributed by atoms with Crippen molar-refractivity contribution in [2.24, 2.45) is 0 Å². The highest BCUT2D eigenvalue weighted by atomic mass is 35.5. The topological polar surface area (TPSA) is 102 Å². The van der Waals surface area contributed by atoms with Gasteiger partial charge in [0.2, 0.25) is 0 Å². The molecule has 4 heterocycles. The number of aromatic nitrogens is 5. The van der Waals surface area contributed by atoms with Gasteiger partial charge in [0, 0.05) is 19.6 Å². The van der Waals surface area contributed by atoms with Crippen molar-refractivity contribution in [1.82, 2.24) is 24.8 Å². The first kappa shape index (κ1) is 21.6. The molecule has 0 N–H and O–H groups in total. The van der Waals surface area contributed by atoms with Gasteiger partial charge in [-0.15, -0.1) is 5.10 Å². The zero-order valence-corrected chi connectivity index (χ0v) is 18.5. The maximum absolute atomic E-state index is 13.4. The van der Waals surface area contributed by atoms with Gasteiger partial charge >= 0.3 is 0 Å². The van der Waals surface area contributed by atoms with Crippen molar-refractivity contribution >= 4 is 17.3 Å². The second-order valence-electron chi connectivity index (χ2n) is 8.14. The first-order chi connectivity index (χ1) is 16.0. The number of fused-ring (bicyclic) bond motifs is 1. The number of nitrogens with zero attached hydrogens (tertiary/aromatic N) is 7. The van der Waals surface area contributed by atoms with E-state index in [9.17, 15) is 14.4 Å². The predicted octanol–water partition coefficient (Wildman–Crippen LogP) is 2.81. The van der Waals surface area contributed by atoms with Crippen LogP contribution in [0.25, 0.3) is 0 Å². The summed E-state index contributed by atoms with van der Waals surface area (Å²) in [5.74, 6) is -0.450. The standard InChI is InChI=1S/C22H21ClFN7O2/c23-21-19(11-26-31(22(21)32)20-3-1-2-8-33-20)29-7-6-18-17(13-29)27-28-30(18)12-14-4-5-16(24)9-15(14)10-25/h4-5,9,11,20H,1-3,6-8,12-13H2. The molecule has 3 aromatic rings. The average Bonchev–Trinajstić information content (AvgIpc) is 3.24. The molecule has 2 aliphatic heterocycles. The van der Waals surface area contributed by atoms with E-state index >= 15 is 0 Å². The van der Waals surface area contributed by atoms with E-state index in [1.165, 1.54) is 16.8 Å². The summed E-state index contributed by atoms with van der Waals surface area (Å²) in [5.41, 5.74) is 2.84. The molecule has 9 nitrogen and oxygen atoms in total. The molecule has 1 atom stereocenters. The van der Waals surface area contributed by atoms with Crippen LogP contribution in [-0.4, -0.2) is 37.9 Å². The molecule has 1 aromatic carbocycles. The summed E-state index contributed by atoms with van der Waals surface area (Å²) in [6.07, 6.45) is 4.55. The largest absolute Gasteiger partial charge is 0.362 e. The van der Waals surface area contributed by atoms with Gasteiger partial charge in [-0.1, -0.05) is 22.9 Å². The van der Waals surface area contributed by atoms with Crippen molar-refractivity contribution in [3.05, 3.63) is 68.1 Å². The zero-order chi connectivity index (χ0) is 22.9. The minimum absolute atomic E-state index is 0.111. The average molecular weight is 470 g/mol. The highest BCUT2D eigenvalue weighted by Crippen LogP contribution is 2.29. The second kappa shape index (κ2) is 8.92. The Hall–Kier alpha value is -3.29. The number of anilines is 1. The Balaban J connectivity index is 1.36. The summed E-state index contributed by atoms with van der Waals surface area (Å²) >= 11 is 6.46. The van der Waals surface area contributed by atoms with Crippen LogP contribution >= 0.6 is 11.6 Å². The van der Waals surface area contributed by atoms with Crippen molar-refractivity contribution in [2.75, 3.05) is 18.1 Å². The summed E-state index contributed by atoms with van der Waals surface area (Å²) in [6.45, 7) is 1.95. The van der Waals surface area contributed by atoms with Crippen molar-refractivity contribution in [1.29, 1.82) is 5.26 Å². The Morgan fingerprint density at radius 1 is 1.33 bits per heavy atom. The third kappa shape index (κ3) is 4.10. The van der Waals surface area contributed by atoms with Crippen LogP contribution < -0.4 is 10.5 Å². The second-order valence-corrected chi connectivity index (χ2v) is 8.52. The molecule has 1 unspecified atom stereocenters. The Morgan fingerprint density at radius 2 is 2.21 bits per heavy atom. The van der Waals surface area contributed by atoms with E-state index in [2.05, 4.69) is 15.4 Å². The van der Waals surface area contributed by atoms with Gasteiger partial charge in [0.1, 0.15) is 16.5 Å². The van der Waals surface area contributed by atoms with E-state index in [4.69, 9.17) is 16.3 Å². The maximum atomic E-state index is 13.4. The molecule has 170 valence electrons. The Kier molecular flexibility index (Phi) is 5.83. The zero-order valence-electron chi connectivity index (χ0n) is 17.7. The van der Waals surface area contributed by atoms with Gasteiger partial charge in [0.25, 0.3) is 5.56 Å². The van der Waals surface area contributed by atoms with Crippen LogP contribution in [0, 0.1) is 17.1 Å². The third-order valence-electron chi connectivity index (χ3n) is 6.08. The Bertz CT molecular complexity index is 1290. The predicted molar refractivity (Wildman–Crippen MR) is 117 cm³/mol. The van der Waals surface area contributed by atoms with Crippen molar-refractivity contribution in [3.63, 3.8) is 0 Å². The van der Waals surface area contributed by atoms with Crippen molar-refractivity contribution in [3.8, 4) is 6.07 Å². The Morgan fingerprint density at radius 3 is 3.00 bits per heavy atom. The van der Waals surface area contributed by atoms with Crippen LogP contribution in [0.2, 0.25) is 5.02 Å². The maximum Gasteiger partial charge on any atom is 0.290 e. The molecule has 0 radical (unpaired) electrons. The minimum Gasteiger partial charge on any atom is -0.362 e. The molecule has 2 aliphatic rings. The van der Waals surface area contributed by atoms with Crippen molar-refractivity contribution in [2.45, 2.75) is 45.0 Å². The molecule has 0 amide bonds. The van der Waals surface area contributed by atoms with Crippen LogP contribution in [-0.2, 0) is 24.2 Å². The number of hydrogen-bond donors (Lipinski definition) is 0. The van der Waals surface area contributed by atoms with Gasteiger partial charge < -0.3 is 9.64 Å². The Labute approximate surface area is 193 Å². The highest BCUT2D eigenvalue weighted by molar-refractivity contribution is 6.33. The number of halogens is 2. The van der Waals surface area contributed by atoms with E-state index in [0.29, 0.717) is 43.9 Å². The smallest absolute Gasteiger partial charge is 0.290 e. The number of nitriles is 1. The molecule has 11 heteroatoms. The van der Waals surface area contributed by atoms with Crippen LogP contribution in [0.15, 0.2) is 29.2 Å². The van der Waals surface area contributed by atoms with Gasteiger partial charge in [0.05, 0.1) is 42.3 Å². The van der Waals surface area contributed by atoms with Crippen LogP contribution in [0.3, 0.4) is 0 Å². The van der Waals surface area contributed by atoms with Crippen LogP contribution in [0.5, 0.6) is 0 Å². The van der Waals surface area contributed by atoms with E-state index in [1.807, 2.05) is 11.0 Å². The lowest BCUT2D eigenvalue weighted by Gasteiger charge is -2.29. The van der Waals surface area contributed by atoms with E-state index in [-0.39, 0.29) is 22.4 Å². The molecule has 33 heavy (non-hydrogen) atoms. The number of hydrogen-bond acceptors (Lipinski definition) is 7. The molecule has 5 rings (SSSR count). The van der Waals surface area contributed by atoms with Crippen molar-refractivity contribution < 1.29 is 9.13 Å².